The van der Waals surface area contributed by atoms with Gasteiger partial charge in [-0.2, -0.15) is 0 Å². The van der Waals surface area contributed by atoms with E-state index in [0.29, 0.717) is 24.0 Å². The van der Waals surface area contributed by atoms with E-state index in [-0.39, 0.29) is 18.4 Å². The zero-order chi connectivity index (χ0) is 22.6. The Morgan fingerprint density at radius 3 is 2.52 bits per heavy atom. The van der Waals surface area contributed by atoms with Crippen molar-refractivity contribution in [2.75, 3.05) is 6.54 Å². The number of ether oxygens (including phenoxy) is 1. The molecule has 1 aliphatic heterocycles. The average molecular weight is 487 g/mol. The van der Waals surface area contributed by atoms with Crippen LogP contribution in [0, 0.1) is 0 Å². The Morgan fingerprint density at radius 2 is 1.84 bits per heavy atom. The summed E-state index contributed by atoms with van der Waals surface area (Å²) in [6.45, 7) is 5.42. The summed E-state index contributed by atoms with van der Waals surface area (Å²) in [6, 6.07) is 7.21. The summed E-state index contributed by atoms with van der Waals surface area (Å²) in [7, 11) is 0. The summed E-state index contributed by atoms with van der Waals surface area (Å²) >= 11 is 3.41. The third-order valence-corrected chi connectivity index (χ3v) is 5.40. The van der Waals surface area contributed by atoms with E-state index in [1.807, 2.05) is 42.5 Å². The lowest BCUT2D eigenvalue weighted by Gasteiger charge is -2.26. The standard InChI is InChI=1S/C24H27BrN2O4/c1-24(2,3)31-23(30)26-18(14-16-10-12-17(25)13-11-16)15-27-21(28)19-8-6-4-5-7-9-20(19)22(27)29/h4,6-7,9-13,18H,5,8,14-15H2,1-3H3,(H,26,30)/b6-4-,9-7?/t18-/m0/s1. The van der Waals surface area contributed by atoms with Crippen LogP contribution in [0.15, 0.2) is 64.2 Å². The van der Waals surface area contributed by atoms with Crippen molar-refractivity contribution >= 4 is 33.8 Å². The van der Waals surface area contributed by atoms with Gasteiger partial charge < -0.3 is 10.1 Å². The predicted molar refractivity (Wildman–Crippen MR) is 122 cm³/mol. The molecular formula is C24H27BrN2O4. The Hall–Kier alpha value is -2.67. The third-order valence-electron chi connectivity index (χ3n) is 4.87. The van der Waals surface area contributed by atoms with Crippen LogP contribution in [0.1, 0.15) is 39.2 Å². The molecular weight excluding hydrogens is 460 g/mol. The van der Waals surface area contributed by atoms with Gasteiger partial charge >= 0.3 is 6.09 Å². The molecule has 7 heteroatoms. The number of carbonyl (C=O) groups excluding carboxylic acids is 3. The van der Waals surface area contributed by atoms with E-state index in [1.54, 1.807) is 26.8 Å². The highest BCUT2D eigenvalue weighted by Gasteiger charge is 2.38. The van der Waals surface area contributed by atoms with Crippen LogP contribution in [0.25, 0.3) is 0 Å². The highest BCUT2D eigenvalue weighted by atomic mass is 79.9. The van der Waals surface area contributed by atoms with Gasteiger partial charge in [0.2, 0.25) is 0 Å². The highest BCUT2D eigenvalue weighted by Crippen LogP contribution is 2.27. The second-order valence-corrected chi connectivity index (χ2v) is 9.52. The van der Waals surface area contributed by atoms with Gasteiger partial charge in [0, 0.05) is 22.2 Å². The van der Waals surface area contributed by atoms with E-state index >= 15 is 0 Å². The second-order valence-electron chi connectivity index (χ2n) is 8.60. The van der Waals surface area contributed by atoms with E-state index in [0.717, 1.165) is 16.5 Å². The first-order valence-electron chi connectivity index (χ1n) is 10.3. The molecule has 3 amide bonds. The summed E-state index contributed by atoms with van der Waals surface area (Å²) in [4.78, 5) is 39.6. The van der Waals surface area contributed by atoms with Crippen LogP contribution in [-0.2, 0) is 20.7 Å². The van der Waals surface area contributed by atoms with Crippen molar-refractivity contribution in [2.24, 2.45) is 0 Å². The van der Waals surface area contributed by atoms with Crippen molar-refractivity contribution in [3.8, 4) is 0 Å². The molecule has 0 aromatic heterocycles. The lowest BCUT2D eigenvalue weighted by Crippen LogP contribution is -2.48. The molecule has 0 unspecified atom stereocenters. The fourth-order valence-electron chi connectivity index (χ4n) is 3.50. The van der Waals surface area contributed by atoms with Crippen molar-refractivity contribution < 1.29 is 19.1 Å². The number of carbonyl (C=O) groups is 3. The number of hydrogen-bond donors (Lipinski definition) is 1. The number of nitrogens with one attached hydrogen (secondary N) is 1. The van der Waals surface area contributed by atoms with Gasteiger partial charge in [-0.15, -0.1) is 0 Å². The zero-order valence-electron chi connectivity index (χ0n) is 18.0. The predicted octanol–water partition coefficient (Wildman–Crippen LogP) is 4.46. The first-order chi connectivity index (χ1) is 14.6. The summed E-state index contributed by atoms with van der Waals surface area (Å²) in [6.07, 6.45) is 8.50. The van der Waals surface area contributed by atoms with Gasteiger partial charge in [0.1, 0.15) is 5.60 Å². The van der Waals surface area contributed by atoms with Crippen LogP contribution in [-0.4, -0.2) is 41.0 Å². The lowest BCUT2D eigenvalue weighted by atomic mass is 10.0. The number of nitrogens with zero attached hydrogens (tertiary/aromatic N) is 1. The SMILES string of the molecule is CC(C)(C)OC(=O)N[C@@H](Cc1ccc(Br)cc1)CN1C(=O)C2=C(C/C=C\CC=C2)C1=O. The molecule has 1 atom stereocenters. The number of alkyl carbamates (subject to hydrolysis) is 1. The number of rotatable bonds is 5. The molecule has 0 radical (unpaired) electrons. The van der Waals surface area contributed by atoms with Crippen LogP contribution in [0.2, 0.25) is 0 Å². The zero-order valence-corrected chi connectivity index (χ0v) is 19.6. The number of allylic oxidation sites excluding steroid dienone is 3. The average Bonchev–Trinajstić information content (AvgIpc) is 2.85. The van der Waals surface area contributed by atoms with Crippen molar-refractivity contribution in [2.45, 2.75) is 51.7 Å². The molecule has 0 bridgehead atoms. The maximum absolute atomic E-state index is 13.0. The topological polar surface area (TPSA) is 75.7 Å². The Balaban J connectivity index is 1.79. The molecule has 6 nitrogen and oxygen atoms in total. The first-order valence-corrected chi connectivity index (χ1v) is 11.1. The smallest absolute Gasteiger partial charge is 0.407 e. The molecule has 3 rings (SSSR count). The molecule has 2 aliphatic rings. The number of amides is 3. The van der Waals surface area contributed by atoms with E-state index in [9.17, 15) is 14.4 Å². The van der Waals surface area contributed by atoms with Crippen LogP contribution in [0.3, 0.4) is 0 Å². The third kappa shape index (κ3) is 6.17. The van der Waals surface area contributed by atoms with Gasteiger partial charge in [-0.05, 0) is 57.7 Å². The fourth-order valence-corrected chi connectivity index (χ4v) is 3.77. The summed E-state index contributed by atoms with van der Waals surface area (Å²) in [5.41, 5.74) is 1.25. The monoisotopic (exact) mass is 486 g/mol. The maximum atomic E-state index is 13.0. The lowest BCUT2D eigenvalue weighted by molar-refractivity contribution is -0.138. The fraction of sp³-hybridized carbons (Fsp3) is 0.375. The quantitative estimate of drug-likeness (QED) is 0.492. The molecule has 1 N–H and O–H groups in total. The number of benzene rings is 1. The summed E-state index contributed by atoms with van der Waals surface area (Å²) < 4.78 is 6.34. The minimum atomic E-state index is -0.653. The highest BCUT2D eigenvalue weighted by molar-refractivity contribution is 9.10. The Bertz CT molecular complexity index is 955. The molecule has 1 aliphatic carbocycles. The summed E-state index contributed by atoms with van der Waals surface area (Å²) in [5, 5.41) is 2.84. The maximum Gasteiger partial charge on any atom is 0.407 e. The largest absolute Gasteiger partial charge is 0.444 e. The number of halogens is 1. The minimum Gasteiger partial charge on any atom is -0.444 e. The normalized spacial score (nSPS) is 18.4. The van der Waals surface area contributed by atoms with Crippen LogP contribution in [0.5, 0.6) is 0 Å². The van der Waals surface area contributed by atoms with Gasteiger partial charge in [-0.1, -0.05) is 52.4 Å². The first kappa shape index (κ1) is 23.0. The van der Waals surface area contributed by atoms with Crippen LogP contribution < -0.4 is 5.32 Å². The molecule has 0 saturated carbocycles. The van der Waals surface area contributed by atoms with Gasteiger partial charge in [0.15, 0.2) is 0 Å². The molecule has 164 valence electrons. The number of hydrogen-bond acceptors (Lipinski definition) is 4. The van der Waals surface area contributed by atoms with Crippen molar-refractivity contribution in [1.29, 1.82) is 0 Å². The van der Waals surface area contributed by atoms with Crippen molar-refractivity contribution in [1.82, 2.24) is 10.2 Å². The van der Waals surface area contributed by atoms with E-state index < -0.39 is 17.7 Å². The van der Waals surface area contributed by atoms with Crippen LogP contribution >= 0.6 is 15.9 Å². The summed E-state index contributed by atoms with van der Waals surface area (Å²) in [5.74, 6) is -0.624. The molecule has 0 saturated heterocycles. The van der Waals surface area contributed by atoms with E-state index in [4.69, 9.17) is 4.74 Å². The molecule has 0 fully saturated rings. The van der Waals surface area contributed by atoms with Gasteiger partial charge in [0.25, 0.3) is 11.8 Å². The Kier molecular flexibility index (Phi) is 7.15. The molecule has 31 heavy (non-hydrogen) atoms. The molecule has 1 heterocycles. The van der Waals surface area contributed by atoms with Crippen molar-refractivity contribution in [3.05, 3.63) is 69.8 Å². The van der Waals surface area contributed by atoms with Gasteiger partial charge in [-0.3, -0.25) is 14.5 Å². The van der Waals surface area contributed by atoms with Gasteiger partial charge in [-0.25, -0.2) is 4.79 Å². The van der Waals surface area contributed by atoms with Crippen molar-refractivity contribution in [3.63, 3.8) is 0 Å². The Morgan fingerprint density at radius 1 is 1.13 bits per heavy atom. The minimum absolute atomic E-state index is 0.0670. The molecule has 1 aromatic carbocycles. The second kappa shape index (κ2) is 9.64. The van der Waals surface area contributed by atoms with E-state index in [1.165, 1.54) is 4.90 Å². The Labute approximate surface area is 191 Å². The molecule has 0 spiro atoms. The van der Waals surface area contributed by atoms with Crippen LogP contribution in [0.4, 0.5) is 4.79 Å². The molecule has 1 aromatic rings. The van der Waals surface area contributed by atoms with Gasteiger partial charge in [0.05, 0.1) is 6.04 Å². The number of imide groups is 1. The van der Waals surface area contributed by atoms with E-state index in [2.05, 4.69) is 21.2 Å².